The third-order valence-corrected chi connectivity index (χ3v) is 7.54. The Kier molecular flexibility index (Phi) is 8.01. The van der Waals surface area contributed by atoms with Gasteiger partial charge >= 0.3 is 0 Å². The number of hydrazone groups is 1. The average Bonchev–Trinajstić information content (AvgIpc) is 3.50. The number of anilines is 2. The van der Waals surface area contributed by atoms with Crippen molar-refractivity contribution in [1.29, 1.82) is 0 Å². The number of amides is 1. The summed E-state index contributed by atoms with van der Waals surface area (Å²) in [6.07, 6.45) is 1.65. The molecule has 0 atom stereocenters. The Morgan fingerprint density at radius 1 is 0.881 bits per heavy atom. The first-order valence-electron chi connectivity index (χ1n) is 13.5. The van der Waals surface area contributed by atoms with Crippen LogP contribution in [-0.4, -0.2) is 17.1 Å². The summed E-state index contributed by atoms with van der Waals surface area (Å²) < 4.78 is 6.15. The minimum absolute atomic E-state index is 0.301. The first kappa shape index (κ1) is 26.9. The Labute approximate surface area is 248 Å². The molecule has 1 heterocycles. The molecule has 2 N–H and O–H groups in total. The van der Waals surface area contributed by atoms with Gasteiger partial charge in [0.05, 0.1) is 11.9 Å². The van der Waals surface area contributed by atoms with Crippen molar-refractivity contribution in [2.75, 3.05) is 5.32 Å². The van der Waals surface area contributed by atoms with Crippen LogP contribution in [0.4, 0.5) is 10.8 Å². The predicted molar refractivity (Wildman–Crippen MR) is 172 cm³/mol. The molecule has 0 bridgehead atoms. The van der Waals surface area contributed by atoms with Gasteiger partial charge in [0.15, 0.2) is 5.13 Å². The van der Waals surface area contributed by atoms with Crippen LogP contribution < -0.4 is 15.5 Å². The fourth-order valence-corrected chi connectivity index (χ4v) is 5.25. The summed E-state index contributed by atoms with van der Waals surface area (Å²) in [4.78, 5) is 17.6. The van der Waals surface area contributed by atoms with Gasteiger partial charge in [0.25, 0.3) is 5.91 Å². The van der Waals surface area contributed by atoms with Gasteiger partial charge in [0.1, 0.15) is 12.4 Å². The summed E-state index contributed by atoms with van der Waals surface area (Å²) in [7, 11) is 0. The Bertz CT molecular complexity index is 1850. The number of carbonyl (C=O) groups excluding carboxylic acids is 1. The zero-order valence-corrected chi connectivity index (χ0v) is 23.8. The largest absolute Gasteiger partial charge is 0.488 e. The van der Waals surface area contributed by atoms with Crippen LogP contribution in [0.25, 0.3) is 22.0 Å². The van der Waals surface area contributed by atoms with Crippen molar-refractivity contribution >= 4 is 45.0 Å². The highest BCUT2D eigenvalue weighted by atomic mass is 32.1. The molecule has 0 unspecified atom stereocenters. The zero-order valence-electron chi connectivity index (χ0n) is 23.0. The molecule has 0 spiro atoms. The van der Waals surface area contributed by atoms with Gasteiger partial charge in [-0.3, -0.25) is 4.79 Å². The van der Waals surface area contributed by atoms with E-state index in [-0.39, 0.29) is 5.91 Å². The molecule has 0 radical (unpaired) electrons. The number of ether oxygens (including phenoxy) is 1. The third kappa shape index (κ3) is 6.37. The lowest BCUT2D eigenvalue weighted by atomic mass is 10.0. The van der Waals surface area contributed by atoms with E-state index in [1.165, 1.54) is 16.9 Å². The van der Waals surface area contributed by atoms with Crippen LogP contribution in [0.1, 0.15) is 27.0 Å². The summed E-state index contributed by atoms with van der Waals surface area (Å²) in [5, 5.41) is 12.5. The lowest BCUT2D eigenvalue weighted by molar-refractivity contribution is 0.0955. The van der Waals surface area contributed by atoms with E-state index in [9.17, 15) is 4.79 Å². The second kappa shape index (κ2) is 12.5. The number of benzene rings is 5. The van der Waals surface area contributed by atoms with Crippen LogP contribution in [0, 0.1) is 6.92 Å². The molecule has 1 amide bonds. The van der Waals surface area contributed by atoms with Gasteiger partial charge in [-0.05, 0) is 53.6 Å². The topological polar surface area (TPSA) is 75.6 Å². The van der Waals surface area contributed by atoms with Crippen molar-refractivity contribution in [3.63, 3.8) is 0 Å². The van der Waals surface area contributed by atoms with E-state index in [4.69, 9.17) is 9.72 Å². The summed E-state index contributed by atoms with van der Waals surface area (Å²) in [6.45, 7) is 2.49. The molecule has 6 nitrogen and oxygen atoms in total. The van der Waals surface area contributed by atoms with E-state index in [0.717, 1.165) is 44.0 Å². The van der Waals surface area contributed by atoms with Gasteiger partial charge in [0, 0.05) is 27.8 Å². The molecule has 7 heteroatoms. The van der Waals surface area contributed by atoms with Gasteiger partial charge in [0.2, 0.25) is 0 Å². The van der Waals surface area contributed by atoms with Crippen molar-refractivity contribution in [2.24, 2.45) is 5.10 Å². The fraction of sp³-hybridized carbons (Fsp3) is 0.0571. The molecule has 0 saturated carbocycles. The summed E-state index contributed by atoms with van der Waals surface area (Å²) >= 11 is 1.54. The molecule has 0 aliphatic rings. The van der Waals surface area contributed by atoms with Gasteiger partial charge in [-0.25, -0.2) is 10.4 Å². The van der Waals surface area contributed by atoms with Crippen LogP contribution in [0.5, 0.6) is 5.75 Å². The van der Waals surface area contributed by atoms with Gasteiger partial charge in [-0.15, -0.1) is 11.3 Å². The molecule has 206 valence electrons. The molecule has 6 aromatic rings. The van der Waals surface area contributed by atoms with E-state index in [1.807, 2.05) is 96.4 Å². The van der Waals surface area contributed by atoms with Crippen molar-refractivity contribution in [3.8, 4) is 17.0 Å². The summed E-state index contributed by atoms with van der Waals surface area (Å²) in [5.74, 6) is 0.393. The quantitative estimate of drug-likeness (QED) is 0.136. The van der Waals surface area contributed by atoms with Crippen molar-refractivity contribution in [3.05, 3.63) is 143 Å². The summed E-state index contributed by atoms with van der Waals surface area (Å²) in [5.41, 5.74) is 9.01. The first-order chi connectivity index (χ1) is 20.6. The zero-order chi connectivity index (χ0) is 28.7. The number of hydrogen-bond acceptors (Lipinski definition) is 6. The van der Waals surface area contributed by atoms with Gasteiger partial charge in [-0.2, -0.15) is 5.10 Å². The smallest absolute Gasteiger partial charge is 0.271 e. The number of rotatable bonds is 9. The third-order valence-electron chi connectivity index (χ3n) is 6.78. The maximum Gasteiger partial charge on any atom is 0.271 e. The minimum atomic E-state index is -0.301. The highest BCUT2D eigenvalue weighted by Crippen LogP contribution is 2.29. The number of thiazole rings is 1. The van der Waals surface area contributed by atoms with E-state index in [0.29, 0.717) is 17.9 Å². The number of aryl methyl sites for hydroxylation is 1. The molecule has 5 aromatic carbocycles. The molecule has 0 aliphatic heterocycles. The van der Waals surface area contributed by atoms with Crippen molar-refractivity contribution in [1.82, 2.24) is 10.4 Å². The molecule has 0 fully saturated rings. The van der Waals surface area contributed by atoms with E-state index < -0.39 is 0 Å². The number of fused-ring (bicyclic) bond motifs is 1. The number of hydrogen-bond donors (Lipinski definition) is 2. The highest BCUT2D eigenvalue weighted by Gasteiger charge is 2.10. The van der Waals surface area contributed by atoms with E-state index in [2.05, 4.69) is 34.9 Å². The first-order valence-corrected chi connectivity index (χ1v) is 14.4. The Morgan fingerprint density at radius 3 is 2.45 bits per heavy atom. The number of nitrogens with one attached hydrogen (secondary N) is 2. The lowest BCUT2D eigenvalue weighted by Gasteiger charge is -2.12. The Balaban J connectivity index is 1.13. The van der Waals surface area contributed by atoms with Gasteiger partial charge in [-0.1, -0.05) is 90.5 Å². The van der Waals surface area contributed by atoms with Crippen molar-refractivity contribution in [2.45, 2.75) is 13.5 Å². The predicted octanol–water partition coefficient (Wildman–Crippen LogP) is 8.36. The summed E-state index contributed by atoms with van der Waals surface area (Å²) in [6, 6.07) is 37.5. The number of carbonyl (C=O) groups is 1. The normalized spacial score (nSPS) is 11.1. The van der Waals surface area contributed by atoms with Gasteiger partial charge < -0.3 is 10.1 Å². The fourth-order valence-electron chi connectivity index (χ4n) is 4.51. The number of aromatic nitrogens is 1. The molecule has 0 saturated heterocycles. The maximum absolute atomic E-state index is 12.9. The van der Waals surface area contributed by atoms with E-state index >= 15 is 0 Å². The van der Waals surface area contributed by atoms with Crippen LogP contribution in [0.15, 0.2) is 126 Å². The highest BCUT2D eigenvalue weighted by molar-refractivity contribution is 7.14. The van der Waals surface area contributed by atoms with Crippen LogP contribution in [-0.2, 0) is 6.61 Å². The average molecular weight is 569 g/mol. The second-order valence-corrected chi connectivity index (χ2v) is 10.6. The van der Waals surface area contributed by atoms with Crippen molar-refractivity contribution < 1.29 is 9.53 Å². The molecule has 42 heavy (non-hydrogen) atoms. The molecule has 1 aromatic heterocycles. The monoisotopic (exact) mass is 568 g/mol. The SMILES string of the molecule is Cc1ccc(Nc2nc(-c3ccc(C(=O)N/N=C\c4c(OCc5ccccc5)ccc5ccccc45)cc3)cs2)cc1. The minimum Gasteiger partial charge on any atom is -0.488 e. The van der Waals surface area contributed by atoms with E-state index in [1.54, 1.807) is 18.3 Å². The Morgan fingerprint density at radius 2 is 1.64 bits per heavy atom. The van der Waals surface area contributed by atoms with Crippen LogP contribution in [0.3, 0.4) is 0 Å². The van der Waals surface area contributed by atoms with Crippen LogP contribution >= 0.6 is 11.3 Å². The lowest BCUT2D eigenvalue weighted by Crippen LogP contribution is -2.17. The Hall–Kier alpha value is -5.27. The molecular formula is C35H28N4O2S. The molecule has 6 rings (SSSR count). The second-order valence-electron chi connectivity index (χ2n) is 9.78. The molecular weight excluding hydrogens is 540 g/mol. The standard InChI is InChI=1S/C35H28N4O2S/c1-24-11-18-29(19-12-24)37-35-38-32(23-42-35)27-13-15-28(16-14-27)34(40)39-36-21-31-30-10-6-5-9-26(30)17-20-33(31)41-22-25-7-3-2-4-8-25/h2-21,23H,22H2,1H3,(H,37,38)(H,39,40)/b36-21-. The molecule has 0 aliphatic carbocycles. The maximum atomic E-state index is 12.9. The van der Waals surface area contributed by atoms with Crippen LogP contribution in [0.2, 0.25) is 0 Å². The number of nitrogens with zero attached hydrogens (tertiary/aromatic N) is 2.